The van der Waals surface area contributed by atoms with Crippen LogP contribution in [0.5, 0.6) is 0 Å². The standard InChI is InChI=1S/C12H13F3N4O5/c1-5-8(19(23)24)9(17(2)16-5)10(20)18-3-6(11(21)22)7(4-18)12(13,14)15/h6-7H,3-4H2,1-2H3,(H,21,22)/t6-,7-/m1/s1. The molecular formula is C12H13F3N4O5. The smallest absolute Gasteiger partial charge is 0.394 e. The normalized spacial score (nSPS) is 21.1. The molecule has 1 aliphatic rings. The molecule has 1 N–H and O–H groups in total. The zero-order valence-corrected chi connectivity index (χ0v) is 12.6. The predicted octanol–water partition coefficient (Wildman–Crippen LogP) is 0.972. The first-order valence-corrected chi connectivity index (χ1v) is 6.72. The zero-order valence-electron chi connectivity index (χ0n) is 12.6. The minimum absolute atomic E-state index is 0.0628. The van der Waals surface area contributed by atoms with E-state index in [4.69, 9.17) is 5.11 Å². The summed E-state index contributed by atoms with van der Waals surface area (Å²) < 4.78 is 39.8. The Kier molecular flexibility index (Phi) is 4.25. The van der Waals surface area contributed by atoms with E-state index in [9.17, 15) is 32.9 Å². The average molecular weight is 350 g/mol. The number of likely N-dealkylation sites (tertiary alicyclic amines) is 1. The fourth-order valence-corrected chi connectivity index (χ4v) is 2.81. The van der Waals surface area contributed by atoms with Crippen LogP contribution in [0.4, 0.5) is 18.9 Å². The molecule has 1 aromatic heterocycles. The molecule has 0 bridgehead atoms. The van der Waals surface area contributed by atoms with Crippen molar-refractivity contribution in [1.82, 2.24) is 14.7 Å². The number of alkyl halides is 3. The van der Waals surface area contributed by atoms with Crippen molar-refractivity contribution in [2.75, 3.05) is 13.1 Å². The monoisotopic (exact) mass is 350 g/mol. The van der Waals surface area contributed by atoms with Gasteiger partial charge in [-0.1, -0.05) is 0 Å². The summed E-state index contributed by atoms with van der Waals surface area (Å²) in [4.78, 5) is 34.4. The molecule has 9 nitrogen and oxygen atoms in total. The number of aryl methyl sites for hydroxylation is 2. The molecule has 0 aliphatic carbocycles. The third-order valence-corrected chi connectivity index (χ3v) is 3.92. The van der Waals surface area contributed by atoms with Gasteiger partial charge in [-0.2, -0.15) is 18.3 Å². The highest BCUT2D eigenvalue weighted by Gasteiger charge is 2.54. The topological polar surface area (TPSA) is 119 Å². The number of carbonyl (C=O) groups excluding carboxylic acids is 1. The summed E-state index contributed by atoms with van der Waals surface area (Å²) in [6, 6.07) is 0. The van der Waals surface area contributed by atoms with E-state index in [1.807, 2.05) is 0 Å². The molecule has 2 atom stereocenters. The lowest BCUT2D eigenvalue weighted by molar-refractivity contribution is -0.385. The number of carboxylic acid groups (broad SMARTS) is 1. The first-order valence-electron chi connectivity index (χ1n) is 6.72. The molecule has 1 aromatic rings. The van der Waals surface area contributed by atoms with Gasteiger partial charge in [-0.25, -0.2) is 0 Å². The maximum atomic E-state index is 13.0. The van der Waals surface area contributed by atoms with E-state index in [-0.39, 0.29) is 5.69 Å². The Labute approximate surface area is 132 Å². The van der Waals surface area contributed by atoms with Gasteiger partial charge >= 0.3 is 17.8 Å². The summed E-state index contributed by atoms with van der Waals surface area (Å²) in [5.41, 5.74) is -1.15. The van der Waals surface area contributed by atoms with Gasteiger partial charge < -0.3 is 10.0 Å². The molecule has 1 aliphatic heterocycles. The summed E-state index contributed by atoms with van der Waals surface area (Å²) in [5, 5.41) is 23.8. The fraction of sp³-hybridized carbons (Fsp3) is 0.583. The lowest BCUT2D eigenvalue weighted by atomic mass is 9.96. The van der Waals surface area contributed by atoms with Gasteiger partial charge in [0.15, 0.2) is 0 Å². The molecule has 0 aromatic carbocycles. The van der Waals surface area contributed by atoms with Crippen LogP contribution in [-0.2, 0) is 11.8 Å². The van der Waals surface area contributed by atoms with E-state index in [2.05, 4.69) is 5.10 Å². The lowest BCUT2D eigenvalue weighted by Gasteiger charge is -2.18. The largest absolute Gasteiger partial charge is 0.481 e. The van der Waals surface area contributed by atoms with Gasteiger partial charge in [0.1, 0.15) is 5.69 Å². The summed E-state index contributed by atoms with van der Waals surface area (Å²) in [5.74, 6) is -6.78. The molecule has 2 rings (SSSR count). The molecule has 1 amide bonds. The number of aliphatic carboxylic acids is 1. The quantitative estimate of drug-likeness (QED) is 0.641. The first-order chi connectivity index (χ1) is 10.9. The first kappa shape index (κ1) is 17.7. The van der Waals surface area contributed by atoms with Crippen molar-refractivity contribution in [2.24, 2.45) is 18.9 Å². The van der Waals surface area contributed by atoms with Crippen molar-refractivity contribution < 1.29 is 32.8 Å². The Morgan fingerprint density at radius 3 is 2.38 bits per heavy atom. The molecule has 12 heteroatoms. The van der Waals surface area contributed by atoms with Gasteiger partial charge in [-0.3, -0.25) is 24.4 Å². The Hall–Kier alpha value is -2.66. The van der Waals surface area contributed by atoms with E-state index in [1.165, 1.54) is 14.0 Å². The zero-order chi connectivity index (χ0) is 18.4. The SMILES string of the molecule is Cc1nn(C)c(C(=O)N2C[C@@H](C(F)(F)F)[C@H](C(=O)O)C2)c1[N+](=O)[O-]. The van der Waals surface area contributed by atoms with Crippen LogP contribution in [0, 0.1) is 28.9 Å². The minimum Gasteiger partial charge on any atom is -0.481 e. The van der Waals surface area contributed by atoms with Crippen molar-refractivity contribution in [3.63, 3.8) is 0 Å². The maximum Gasteiger partial charge on any atom is 0.394 e. The van der Waals surface area contributed by atoms with Crippen molar-refractivity contribution in [3.8, 4) is 0 Å². The molecule has 24 heavy (non-hydrogen) atoms. The molecule has 1 fully saturated rings. The molecule has 1 saturated heterocycles. The highest BCUT2D eigenvalue weighted by atomic mass is 19.4. The Bertz CT molecular complexity index is 714. The number of aromatic nitrogens is 2. The Morgan fingerprint density at radius 1 is 1.38 bits per heavy atom. The molecule has 2 heterocycles. The van der Waals surface area contributed by atoms with Crippen LogP contribution in [0.2, 0.25) is 0 Å². The number of carbonyl (C=O) groups is 2. The number of halogens is 3. The summed E-state index contributed by atoms with van der Waals surface area (Å²) in [6.07, 6.45) is -4.80. The predicted molar refractivity (Wildman–Crippen MR) is 71.2 cm³/mol. The third-order valence-electron chi connectivity index (χ3n) is 3.92. The lowest BCUT2D eigenvalue weighted by Crippen LogP contribution is -2.34. The Morgan fingerprint density at radius 2 is 1.96 bits per heavy atom. The summed E-state index contributed by atoms with van der Waals surface area (Å²) >= 11 is 0. The van der Waals surface area contributed by atoms with Crippen LogP contribution in [0.15, 0.2) is 0 Å². The van der Waals surface area contributed by atoms with Gasteiger partial charge in [0, 0.05) is 20.1 Å². The van der Waals surface area contributed by atoms with Crippen molar-refractivity contribution in [2.45, 2.75) is 13.1 Å². The van der Waals surface area contributed by atoms with Crippen molar-refractivity contribution in [1.29, 1.82) is 0 Å². The van der Waals surface area contributed by atoms with Crippen LogP contribution in [-0.4, -0.2) is 55.9 Å². The van der Waals surface area contributed by atoms with Crippen molar-refractivity contribution >= 4 is 17.6 Å². The number of amides is 1. The second-order valence-electron chi connectivity index (χ2n) is 5.47. The minimum atomic E-state index is -4.80. The van der Waals surface area contributed by atoms with Crippen LogP contribution >= 0.6 is 0 Å². The summed E-state index contributed by atoms with van der Waals surface area (Å²) in [7, 11) is 1.25. The third kappa shape index (κ3) is 2.90. The highest BCUT2D eigenvalue weighted by molar-refractivity contribution is 5.97. The van der Waals surface area contributed by atoms with Crippen molar-refractivity contribution in [3.05, 3.63) is 21.5 Å². The van der Waals surface area contributed by atoms with E-state index in [0.717, 1.165) is 4.68 Å². The molecule has 0 radical (unpaired) electrons. The molecule has 0 spiro atoms. The second kappa shape index (κ2) is 5.76. The van der Waals surface area contributed by atoms with Crippen LogP contribution in [0.1, 0.15) is 16.2 Å². The number of carboxylic acids is 1. The fourth-order valence-electron chi connectivity index (χ4n) is 2.81. The van der Waals surface area contributed by atoms with Gasteiger partial charge in [0.2, 0.25) is 5.69 Å². The number of rotatable bonds is 3. The van der Waals surface area contributed by atoms with E-state index in [1.54, 1.807) is 0 Å². The van der Waals surface area contributed by atoms with Crippen LogP contribution in [0.25, 0.3) is 0 Å². The van der Waals surface area contributed by atoms with Gasteiger partial charge in [0.05, 0.1) is 16.8 Å². The molecular weight excluding hydrogens is 337 g/mol. The van der Waals surface area contributed by atoms with E-state index in [0.29, 0.717) is 4.90 Å². The maximum absolute atomic E-state index is 13.0. The average Bonchev–Trinajstić information content (AvgIpc) is 2.98. The van der Waals surface area contributed by atoms with Gasteiger partial charge in [-0.15, -0.1) is 0 Å². The van der Waals surface area contributed by atoms with Crippen LogP contribution < -0.4 is 0 Å². The molecule has 0 unspecified atom stereocenters. The van der Waals surface area contributed by atoms with Gasteiger partial charge in [0.25, 0.3) is 5.91 Å². The second-order valence-corrected chi connectivity index (χ2v) is 5.47. The highest BCUT2D eigenvalue weighted by Crippen LogP contribution is 2.38. The Balaban J connectivity index is 2.39. The molecule has 0 saturated carbocycles. The number of nitro groups is 1. The number of nitrogens with zero attached hydrogens (tertiary/aromatic N) is 4. The number of hydrogen-bond acceptors (Lipinski definition) is 5. The number of hydrogen-bond donors (Lipinski definition) is 1. The summed E-state index contributed by atoms with van der Waals surface area (Å²) in [6.45, 7) is -0.266. The van der Waals surface area contributed by atoms with Crippen LogP contribution in [0.3, 0.4) is 0 Å². The molecule has 132 valence electrons. The van der Waals surface area contributed by atoms with E-state index < -0.39 is 59.3 Å². The van der Waals surface area contributed by atoms with Gasteiger partial charge in [-0.05, 0) is 6.92 Å². The van der Waals surface area contributed by atoms with E-state index >= 15 is 0 Å².